The van der Waals surface area contributed by atoms with E-state index in [0.717, 1.165) is 0 Å². The third kappa shape index (κ3) is 1.72. The third-order valence-corrected chi connectivity index (χ3v) is 3.78. The van der Waals surface area contributed by atoms with E-state index in [1.165, 1.54) is 44.1 Å². The standard InChI is InChI=1S/C13H20/c1-11-6-7-12(10-11)13(2)8-4-3-5-9-13/h6,10H,3-5,7-9H2,1-2H3. The Bertz CT molecular complexity index is 249. The lowest BCUT2D eigenvalue weighted by Gasteiger charge is -2.35. The predicted octanol–water partition coefficient (Wildman–Crippen LogP) is 4.23. The van der Waals surface area contributed by atoms with Crippen LogP contribution in [0.2, 0.25) is 0 Å². The maximum Gasteiger partial charge on any atom is -0.0110 e. The average molecular weight is 176 g/mol. The molecule has 0 spiro atoms. The molecule has 0 N–H and O–H groups in total. The average Bonchev–Trinajstić information content (AvgIpc) is 2.54. The van der Waals surface area contributed by atoms with E-state index < -0.39 is 0 Å². The van der Waals surface area contributed by atoms with Crippen LogP contribution in [0.5, 0.6) is 0 Å². The predicted molar refractivity (Wildman–Crippen MR) is 57.6 cm³/mol. The molecule has 0 atom stereocenters. The molecule has 1 saturated carbocycles. The van der Waals surface area contributed by atoms with Gasteiger partial charge in [-0.2, -0.15) is 0 Å². The maximum atomic E-state index is 2.46. The molecule has 0 saturated heterocycles. The van der Waals surface area contributed by atoms with Gasteiger partial charge in [-0.25, -0.2) is 0 Å². The summed E-state index contributed by atoms with van der Waals surface area (Å²) in [6.45, 7) is 4.68. The molecule has 0 aromatic rings. The summed E-state index contributed by atoms with van der Waals surface area (Å²) < 4.78 is 0. The van der Waals surface area contributed by atoms with Crippen LogP contribution in [0.15, 0.2) is 23.3 Å². The van der Waals surface area contributed by atoms with E-state index in [2.05, 4.69) is 26.0 Å². The summed E-state index contributed by atoms with van der Waals surface area (Å²) in [5.41, 5.74) is 3.72. The Morgan fingerprint density at radius 1 is 1.15 bits per heavy atom. The first-order valence-corrected chi connectivity index (χ1v) is 5.58. The maximum absolute atomic E-state index is 2.46. The second-order valence-corrected chi connectivity index (χ2v) is 4.94. The molecular formula is C13H20. The fraction of sp³-hybridized carbons (Fsp3) is 0.692. The van der Waals surface area contributed by atoms with Gasteiger partial charge in [-0.05, 0) is 31.6 Å². The van der Waals surface area contributed by atoms with Gasteiger partial charge in [0, 0.05) is 0 Å². The molecule has 0 nitrogen and oxygen atoms in total. The Labute approximate surface area is 81.7 Å². The monoisotopic (exact) mass is 176 g/mol. The Morgan fingerprint density at radius 3 is 2.38 bits per heavy atom. The molecular weight excluding hydrogens is 156 g/mol. The van der Waals surface area contributed by atoms with Gasteiger partial charge >= 0.3 is 0 Å². The topological polar surface area (TPSA) is 0 Å². The van der Waals surface area contributed by atoms with E-state index in [1.54, 1.807) is 5.57 Å². The van der Waals surface area contributed by atoms with Crippen molar-refractivity contribution in [2.75, 3.05) is 0 Å². The normalized spacial score (nSPS) is 26.9. The van der Waals surface area contributed by atoms with Crippen molar-refractivity contribution in [2.24, 2.45) is 5.41 Å². The minimum Gasteiger partial charge on any atom is -0.0775 e. The molecule has 2 aliphatic rings. The van der Waals surface area contributed by atoms with Gasteiger partial charge < -0.3 is 0 Å². The number of allylic oxidation sites excluding steroid dienone is 4. The van der Waals surface area contributed by atoms with Crippen molar-refractivity contribution >= 4 is 0 Å². The van der Waals surface area contributed by atoms with E-state index in [-0.39, 0.29) is 0 Å². The molecule has 0 heterocycles. The van der Waals surface area contributed by atoms with Crippen molar-refractivity contribution in [3.05, 3.63) is 23.3 Å². The first kappa shape index (κ1) is 9.05. The van der Waals surface area contributed by atoms with Crippen LogP contribution in [0.25, 0.3) is 0 Å². The first-order valence-electron chi connectivity index (χ1n) is 5.58. The summed E-state index contributed by atoms with van der Waals surface area (Å²) in [4.78, 5) is 0. The highest BCUT2D eigenvalue weighted by Crippen LogP contribution is 2.45. The zero-order valence-electron chi connectivity index (χ0n) is 8.90. The van der Waals surface area contributed by atoms with Gasteiger partial charge in [0.05, 0.1) is 0 Å². The van der Waals surface area contributed by atoms with Gasteiger partial charge in [0.2, 0.25) is 0 Å². The first-order chi connectivity index (χ1) is 6.21. The Morgan fingerprint density at radius 2 is 1.85 bits per heavy atom. The number of hydrogen-bond acceptors (Lipinski definition) is 0. The highest BCUT2D eigenvalue weighted by atomic mass is 14.4. The molecule has 0 aromatic heterocycles. The zero-order valence-corrected chi connectivity index (χ0v) is 8.90. The molecule has 0 radical (unpaired) electrons. The summed E-state index contributed by atoms with van der Waals surface area (Å²) in [5.74, 6) is 0. The summed E-state index contributed by atoms with van der Waals surface area (Å²) in [6, 6.07) is 0. The molecule has 13 heavy (non-hydrogen) atoms. The highest BCUT2D eigenvalue weighted by molar-refractivity contribution is 5.34. The number of hydrogen-bond donors (Lipinski definition) is 0. The summed E-state index contributed by atoms with van der Waals surface area (Å²) in [7, 11) is 0. The van der Waals surface area contributed by atoms with Gasteiger partial charge in [-0.15, -0.1) is 0 Å². The minimum atomic E-state index is 0.548. The Hall–Kier alpha value is -0.520. The van der Waals surface area contributed by atoms with E-state index >= 15 is 0 Å². The fourth-order valence-electron chi connectivity index (χ4n) is 2.74. The van der Waals surface area contributed by atoms with E-state index in [0.29, 0.717) is 5.41 Å². The van der Waals surface area contributed by atoms with Gasteiger partial charge in [0.1, 0.15) is 0 Å². The van der Waals surface area contributed by atoms with Crippen molar-refractivity contribution in [3.63, 3.8) is 0 Å². The number of rotatable bonds is 1. The largest absolute Gasteiger partial charge is 0.0775 e. The molecule has 0 aliphatic heterocycles. The lowest BCUT2D eigenvalue weighted by atomic mass is 9.70. The second kappa shape index (κ2) is 3.32. The Balaban J connectivity index is 2.11. The van der Waals surface area contributed by atoms with E-state index in [9.17, 15) is 0 Å². The van der Waals surface area contributed by atoms with Crippen LogP contribution in [0, 0.1) is 5.41 Å². The van der Waals surface area contributed by atoms with Gasteiger partial charge in [-0.3, -0.25) is 0 Å². The molecule has 72 valence electrons. The van der Waals surface area contributed by atoms with Gasteiger partial charge in [0.15, 0.2) is 0 Å². The van der Waals surface area contributed by atoms with E-state index in [4.69, 9.17) is 0 Å². The summed E-state index contributed by atoms with van der Waals surface area (Å²) >= 11 is 0. The van der Waals surface area contributed by atoms with Crippen LogP contribution in [-0.2, 0) is 0 Å². The quantitative estimate of drug-likeness (QED) is 0.560. The molecule has 2 rings (SSSR count). The third-order valence-electron chi connectivity index (χ3n) is 3.78. The lowest BCUT2D eigenvalue weighted by molar-refractivity contribution is 0.264. The van der Waals surface area contributed by atoms with Crippen LogP contribution < -0.4 is 0 Å². The second-order valence-electron chi connectivity index (χ2n) is 4.94. The van der Waals surface area contributed by atoms with Gasteiger partial charge in [-0.1, -0.05) is 49.5 Å². The molecule has 0 amide bonds. The lowest BCUT2D eigenvalue weighted by Crippen LogP contribution is -2.21. The molecule has 0 unspecified atom stereocenters. The minimum absolute atomic E-state index is 0.548. The SMILES string of the molecule is CC1=CCC(C2(C)CCCCC2)=C1. The summed E-state index contributed by atoms with van der Waals surface area (Å²) in [6.07, 6.45) is 13.2. The summed E-state index contributed by atoms with van der Waals surface area (Å²) in [5, 5.41) is 0. The van der Waals surface area contributed by atoms with Crippen LogP contribution in [-0.4, -0.2) is 0 Å². The van der Waals surface area contributed by atoms with Crippen molar-refractivity contribution in [2.45, 2.75) is 52.4 Å². The fourth-order valence-corrected chi connectivity index (χ4v) is 2.74. The van der Waals surface area contributed by atoms with Gasteiger partial charge in [0.25, 0.3) is 0 Å². The zero-order chi connectivity index (χ0) is 9.31. The smallest absolute Gasteiger partial charge is 0.0110 e. The molecule has 0 bridgehead atoms. The molecule has 2 aliphatic carbocycles. The van der Waals surface area contributed by atoms with Crippen LogP contribution in [0.3, 0.4) is 0 Å². The van der Waals surface area contributed by atoms with E-state index in [1.807, 2.05) is 0 Å². The molecule has 0 heteroatoms. The molecule has 1 fully saturated rings. The molecule has 0 aromatic carbocycles. The van der Waals surface area contributed by atoms with Crippen molar-refractivity contribution in [1.82, 2.24) is 0 Å². The van der Waals surface area contributed by atoms with Crippen LogP contribution >= 0.6 is 0 Å². The van der Waals surface area contributed by atoms with Crippen molar-refractivity contribution in [3.8, 4) is 0 Å². The van der Waals surface area contributed by atoms with Crippen molar-refractivity contribution < 1.29 is 0 Å². The highest BCUT2D eigenvalue weighted by Gasteiger charge is 2.31. The Kier molecular flexibility index (Phi) is 2.31. The van der Waals surface area contributed by atoms with Crippen molar-refractivity contribution in [1.29, 1.82) is 0 Å². The van der Waals surface area contributed by atoms with Crippen LogP contribution in [0.1, 0.15) is 52.4 Å². The van der Waals surface area contributed by atoms with Crippen LogP contribution in [0.4, 0.5) is 0 Å².